The van der Waals surface area contributed by atoms with Crippen molar-refractivity contribution < 1.29 is 14.3 Å². The van der Waals surface area contributed by atoms with Gasteiger partial charge in [0, 0.05) is 11.8 Å². The van der Waals surface area contributed by atoms with Gasteiger partial charge in [-0.2, -0.15) is 0 Å². The van der Waals surface area contributed by atoms with Crippen LogP contribution in [0, 0.1) is 5.92 Å². The molecule has 7 heteroatoms. The van der Waals surface area contributed by atoms with Crippen LogP contribution >= 0.6 is 0 Å². The molecule has 0 saturated carbocycles. The van der Waals surface area contributed by atoms with Crippen LogP contribution in [0.3, 0.4) is 0 Å². The van der Waals surface area contributed by atoms with Crippen molar-refractivity contribution >= 4 is 22.5 Å². The summed E-state index contributed by atoms with van der Waals surface area (Å²) in [5.41, 5.74) is 0.911. The van der Waals surface area contributed by atoms with Crippen LogP contribution in [0.2, 0.25) is 0 Å². The van der Waals surface area contributed by atoms with Crippen LogP contribution in [0.25, 0.3) is 10.9 Å². The molecule has 146 valence electrons. The van der Waals surface area contributed by atoms with Crippen molar-refractivity contribution in [3.05, 3.63) is 59.1 Å². The average Bonchev–Trinajstić information content (AvgIpc) is 2.69. The SMILES string of the molecule is COc1ccc(NC(=O)[C@@H](C(C)C)n2cnc3ccccc3c2=O)cc1OC. The fraction of sp³-hybridized carbons (Fsp3) is 0.286. The molecule has 0 unspecified atom stereocenters. The van der Waals surface area contributed by atoms with Gasteiger partial charge in [-0.05, 0) is 30.2 Å². The third-order valence-electron chi connectivity index (χ3n) is 4.54. The van der Waals surface area contributed by atoms with Crippen molar-refractivity contribution in [3.8, 4) is 11.5 Å². The number of carbonyl (C=O) groups is 1. The molecule has 3 aromatic rings. The summed E-state index contributed by atoms with van der Waals surface area (Å²) in [4.78, 5) is 30.3. The van der Waals surface area contributed by atoms with Crippen molar-refractivity contribution in [1.82, 2.24) is 9.55 Å². The number of para-hydroxylation sites is 1. The first-order valence-electron chi connectivity index (χ1n) is 8.95. The van der Waals surface area contributed by atoms with E-state index in [1.807, 2.05) is 19.9 Å². The molecule has 0 radical (unpaired) electrons. The quantitative estimate of drug-likeness (QED) is 0.709. The lowest BCUT2D eigenvalue weighted by Gasteiger charge is -2.23. The zero-order valence-electron chi connectivity index (χ0n) is 16.3. The molecule has 1 N–H and O–H groups in total. The molecule has 0 spiro atoms. The molecule has 0 bridgehead atoms. The highest BCUT2D eigenvalue weighted by molar-refractivity contribution is 5.94. The van der Waals surface area contributed by atoms with E-state index < -0.39 is 6.04 Å². The minimum absolute atomic E-state index is 0.124. The summed E-state index contributed by atoms with van der Waals surface area (Å²) in [6.45, 7) is 3.78. The Labute approximate surface area is 162 Å². The van der Waals surface area contributed by atoms with E-state index in [2.05, 4.69) is 10.3 Å². The van der Waals surface area contributed by atoms with Crippen LogP contribution in [-0.2, 0) is 4.79 Å². The first-order valence-corrected chi connectivity index (χ1v) is 8.95. The molecule has 1 atom stereocenters. The lowest BCUT2D eigenvalue weighted by molar-refractivity contribution is -0.120. The minimum Gasteiger partial charge on any atom is -0.493 e. The molecule has 0 aliphatic carbocycles. The van der Waals surface area contributed by atoms with Gasteiger partial charge in [0.05, 0.1) is 31.4 Å². The van der Waals surface area contributed by atoms with E-state index in [0.717, 1.165) is 0 Å². The standard InChI is InChI=1S/C21H23N3O4/c1-13(2)19(24-12-22-16-8-6-5-7-15(16)21(24)26)20(25)23-14-9-10-17(27-3)18(11-14)28-4/h5-13,19H,1-4H3,(H,23,25)/t19-/m1/s1. The maximum absolute atomic E-state index is 13.0. The molecule has 0 saturated heterocycles. The predicted octanol–water partition coefficient (Wildman–Crippen LogP) is 3.25. The van der Waals surface area contributed by atoms with Gasteiger partial charge in [0.25, 0.3) is 5.56 Å². The molecule has 1 amide bonds. The Hall–Kier alpha value is -3.35. The van der Waals surface area contributed by atoms with Gasteiger partial charge in [-0.25, -0.2) is 4.98 Å². The molecule has 0 fully saturated rings. The second kappa shape index (κ2) is 8.12. The number of rotatable bonds is 6. The molecule has 0 aliphatic rings. The van der Waals surface area contributed by atoms with Gasteiger partial charge >= 0.3 is 0 Å². The molecule has 28 heavy (non-hydrogen) atoms. The summed E-state index contributed by atoms with van der Waals surface area (Å²) in [5.74, 6) is 0.643. The second-order valence-electron chi connectivity index (χ2n) is 6.72. The number of benzene rings is 2. The van der Waals surface area contributed by atoms with Gasteiger partial charge in [-0.3, -0.25) is 14.2 Å². The molecule has 3 rings (SSSR count). The number of ether oxygens (including phenoxy) is 2. The zero-order valence-corrected chi connectivity index (χ0v) is 16.3. The van der Waals surface area contributed by atoms with Crippen LogP contribution in [0.5, 0.6) is 11.5 Å². The lowest BCUT2D eigenvalue weighted by atomic mass is 10.0. The molecular weight excluding hydrogens is 358 g/mol. The van der Waals surface area contributed by atoms with Gasteiger partial charge < -0.3 is 14.8 Å². The number of hydrogen-bond donors (Lipinski definition) is 1. The number of hydrogen-bond acceptors (Lipinski definition) is 5. The number of nitrogens with one attached hydrogen (secondary N) is 1. The third-order valence-corrected chi connectivity index (χ3v) is 4.54. The Kier molecular flexibility index (Phi) is 5.63. The maximum Gasteiger partial charge on any atom is 0.261 e. The smallest absolute Gasteiger partial charge is 0.261 e. The third kappa shape index (κ3) is 3.69. The Bertz CT molecular complexity index is 1060. The fourth-order valence-corrected chi connectivity index (χ4v) is 3.16. The van der Waals surface area contributed by atoms with E-state index in [0.29, 0.717) is 28.1 Å². The van der Waals surface area contributed by atoms with Crippen LogP contribution in [0.15, 0.2) is 53.6 Å². The number of methoxy groups -OCH3 is 2. The Balaban J connectivity index is 1.96. The summed E-state index contributed by atoms with van der Waals surface area (Å²) in [7, 11) is 3.07. The summed E-state index contributed by atoms with van der Waals surface area (Å²) < 4.78 is 11.9. The number of carbonyl (C=O) groups excluding carboxylic acids is 1. The van der Waals surface area contributed by atoms with Crippen LogP contribution in [0.1, 0.15) is 19.9 Å². The molecule has 0 aliphatic heterocycles. The lowest BCUT2D eigenvalue weighted by Crippen LogP contribution is -2.36. The van der Waals surface area contributed by atoms with Crippen molar-refractivity contribution in [1.29, 1.82) is 0 Å². The highest BCUT2D eigenvalue weighted by atomic mass is 16.5. The Morgan fingerprint density at radius 2 is 1.79 bits per heavy atom. The van der Waals surface area contributed by atoms with E-state index in [9.17, 15) is 9.59 Å². The normalized spacial score (nSPS) is 12.0. The summed E-state index contributed by atoms with van der Waals surface area (Å²) in [6, 6.07) is 11.5. The number of amides is 1. The molecule has 7 nitrogen and oxygen atoms in total. The van der Waals surface area contributed by atoms with E-state index in [4.69, 9.17) is 9.47 Å². The van der Waals surface area contributed by atoms with E-state index in [1.54, 1.807) is 43.5 Å². The van der Waals surface area contributed by atoms with Crippen molar-refractivity contribution in [2.75, 3.05) is 19.5 Å². The minimum atomic E-state index is -0.710. The van der Waals surface area contributed by atoms with Crippen molar-refractivity contribution in [2.45, 2.75) is 19.9 Å². The summed E-state index contributed by atoms with van der Waals surface area (Å²) in [6.07, 6.45) is 1.43. The zero-order chi connectivity index (χ0) is 20.3. The molecule has 1 heterocycles. The topological polar surface area (TPSA) is 82.5 Å². The van der Waals surface area contributed by atoms with Crippen LogP contribution in [-0.4, -0.2) is 29.7 Å². The highest BCUT2D eigenvalue weighted by Crippen LogP contribution is 2.30. The molecule has 1 aromatic heterocycles. The fourth-order valence-electron chi connectivity index (χ4n) is 3.16. The van der Waals surface area contributed by atoms with Gasteiger partial charge in [-0.1, -0.05) is 26.0 Å². The largest absolute Gasteiger partial charge is 0.493 e. The van der Waals surface area contributed by atoms with E-state index in [-0.39, 0.29) is 17.4 Å². The Morgan fingerprint density at radius 1 is 1.07 bits per heavy atom. The highest BCUT2D eigenvalue weighted by Gasteiger charge is 2.26. The number of fused-ring (bicyclic) bond motifs is 1. The monoisotopic (exact) mass is 381 g/mol. The van der Waals surface area contributed by atoms with Gasteiger partial charge in [-0.15, -0.1) is 0 Å². The van der Waals surface area contributed by atoms with Gasteiger partial charge in [0.2, 0.25) is 5.91 Å². The Morgan fingerprint density at radius 3 is 2.46 bits per heavy atom. The first-order chi connectivity index (χ1) is 13.5. The van der Waals surface area contributed by atoms with Crippen LogP contribution < -0.4 is 20.3 Å². The maximum atomic E-state index is 13.0. The van der Waals surface area contributed by atoms with E-state index in [1.165, 1.54) is 18.0 Å². The molecular formula is C21H23N3O4. The molecule has 2 aromatic carbocycles. The van der Waals surface area contributed by atoms with Crippen LogP contribution in [0.4, 0.5) is 5.69 Å². The predicted molar refractivity (Wildman–Crippen MR) is 108 cm³/mol. The van der Waals surface area contributed by atoms with Crippen molar-refractivity contribution in [2.24, 2.45) is 5.92 Å². The first kappa shape index (κ1) is 19.4. The summed E-state index contributed by atoms with van der Waals surface area (Å²) >= 11 is 0. The summed E-state index contributed by atoms with van der Waals surface area (Å²) in [5, 5.41) is 3.34. The number of nitrogens with zero attached hydrogens (tertiary/aromatic N) is 2. The average molecular weight is 381 g/mol. The second-order valence-corrected chi connectivity index (χ2v) is 6.72. The number of aromatic nitrogens is 2. The van der Waals surface area contributed by atoms with Gasteiger partial charge in [0.1, 0.15) is 6.04 Å². The van der Waals surface area contributed by atoms with Crippen molar-refractivity contribution in [3.63, 3.8) is 0 Å². The van der Waals surface area contributed by atoms with E-state index >= 15 is 0 Å². The number of anilines is 1. The van der Waals surface area contributed by atoms with Gasteiger partial charge in [0.15, 0.2) is 11.5 Å².